The molecule has 52 heavy (non-hydrogen) atoms. The van der Waals surface area contributed by atoms with Crippen molar-refractivity contribution in [3.05, 3.63) is 11.1 Å². The number of aliphatic hydroxyl groups is 1. The number of ether oxygens (including phenoxy) is 1. The Bertz CT molecular complexity index is 1510. The summed E-state index contributed by atoms with van der Waals surface area (Å²) in [5, 5.41) is 21.9. The predicted molar refractivity (Wildman–Crippen MR) is 200 cm³/mol. The van der Waals surface area contributed by atoms with Gasteiger partial charge in [0.25, 0.3) is 0 Å². The normalized spacial score (nSPS) is 40.0. The van der Waals surface area contributed by atoms with Gasteiger partial charge in [-0.25, -0.2) is 0 Å². The Labute approximate surface area is 312 Å². The molecule has 9 atom stereocenters. The first-order valence-corrected chi connectivity index (χ1v) is 20.5. The number of primary amides is 1. The van der Waals surface area contributed by atoms with Gasteiger partial charge in [-0.05, 0) is 137 Å². The fraction of sp³-hybridized carbons (Fsp3) is 0.860. The van der Waals surface area contributed by atoms with Crippen LogP contribution in [-0.4, -0.2) is 70.6 Å². The molecule has 292 valence electrons. The van der Waals surface area contributed by atoms with Crippen LogP contribution in [0.3, 0.4) is 0 Å². The lowest BCUT2D eigenvalue weighted by molar-refractivity contribution is -0.235. The van der Waals surface area contributed by atoms with Gasteiger partial charge in [-0.15, -0.1) is 0 Å². The Kier molecular flexibility index (Phi) is 10.0. The van der Waals surface area contributed by atoms with Crippen molar-refractivity contribution in [2.45, 2.75) is 152 Å². The summed E-state index contributed by atoms with van der Waals surface area (Å²) in [7, 11) is 0. The third-order valence-electron chi connectivity index (χ3n) is 16.9. The molecule has 0 radical (unpaired) electrons. The lowest BCUT2D eigenvalue weighted by Crippen LogP contribution is -2.66. The number of aliphatic carboxylic acids is 1. The average molecular weight is 725 g/mol. The van der Waals surface area contributed by atoms with Crippen molar-refractivity contribution in [3.8, 4) is 0 Å². The Hall–Kier alpha value is -2.26. The number of esters is 1. The number of aliphatic hydroxyl groups excluding tert-OH is 1. The van der Waals surface area contributed by atoms with Crippen LogP contribution >= 0.6 is 0 Å². The number of ketones is 1. The molecule has 0 aromatic carbocycles. The first-order valence-electron chi connectivity index (χ1n) is 20.5. The maximum absolute atomic E-state index is 14.1. The van der Waals surface area contributed by atoms with Gasteiger partial charge in [-0.3, -0.25) is 19.2 Å². The first-order chi connectivity index (χ1) is 24.0. The molecule has 5 fully saturated rings. The zero-order valence-corrected chi connectivity index (χ0v) is 33.6. The monoisotopic (exact) mass is 725 g/mol. The highest BCUT2D eigenvalue weighted by Crippen LogP contribution is 2.77. The molecular weight excluding hydrogens is 656 g/mol. The fourth-order valence-electron chi connectivity index (χ4n) is 13.7. The van der Waals surface area contributed by atoms with E-state index in [0.29, 0.717) is 24.8 Å². The number of carboxylic acid groups (broad SMARTS) is 1. The summed E-state index contributed by atoms with van der Waals surface area (Å²) >= 11 is 0. The van der Waals surface area contributed by atoms with Gasteiger partial charge in [0.05, 0.1) is 17.9 Å². The first kappa shape index (κ1) is 39.4. The number of piperidine rings is 1. The predicted octanol–water partition coefficient (Wildman–Crippen LogP) is 6.94. The van der Waals surface area contributed by atoms with Gasteiger partial charge in [-0.2, -0.15) is 0 Å². The van der Waals surface area contributed by atoms with Crippen LogP contribution in [0.5, 0.6) is 0 Å². The average Bonchev–Trinajstić information content (AvgIpc) is 3.36. The lowest BCUT2D eigenvalue weighted by Gasteiger charge is -2.72. The van der Waals surface area contributed by atoms with E-state index in [9.17, 15) is 29.4 Å². The Morgan fingerprint density at radius 1 is 0.904 bits per heavy atom. The maximum atomic E-state index is 14.1. The van der Waals surface area contributed by atoms with Crippen LogP contribution in [0.15, 0.2) is 11.1 Å². The lowest BCUT2D eigenvalue weighted by atomic mass is 9.33. The van der Waals surface area contributed by atoms with E-state index < -0.39 is 28.9 Å². The minimum Gasteiger partial charge on any atom is -0.481 e. The second-order valence-corrected chi connectivity index (χ2v) is 20.6. The van der Waals surface area contributed by atoms with Crippen LogP contribution in [0.2, 0.25) is 0 Å². The number of fused-ring (bicyclic) bond motifs is 7. The number of nitrogens with zero attached hydrogens (tertiary/aromatic N) is 1. The third-order valence-corrected chi connectivity index (χ3v) is 16.9. The summed E-state index contributed by atoms with van der Waals surface area (Å²) in [5.41, 5.74) is 6.00. The van der Waals surface area contributed by atoms with Crippen molar-refractivity contribution < 1.29 is 34.1 Å². The van der Waals surface area contributed by atoms with Gasteiger partial charge in [0.1, 0.15) is 6.10 Å². The third kappa shape index (κ3) is 5.92. The molecule has 1 aliphatic heterocycles. The van der Waals surface area contributed by atoms with Crippen molar-refractivity contribution in [2.75, 3.05) is 19.6 Å². The highest BCUT2D eigenvalue weighted by molar-refractivity contribution is 6.00. The number of rotatable bonds is 9. The number of hydrogen-bond acceptors (Lipinski definition) is 7. The number of likely N-dealkylation sites (tertiary alicyclic amines) is 1. The zero-order valence-electron chi connectivity index (χ0n) is 33.6. The van der Waals surface area contributed by atoms with Crippen LogP contribution < -0.4 is 5.73 Å². The largest absolute Gasteiger partial charge is 0.481 e. The molecule has 9 nitrogen and oxygen atoms in total. The van der Waals surface area contributed by atoms with E-state index in [0.717, 1.165) is 82.9 Å². The SMILES string of the molecule is CC(C)C1=C2C3CCC4C5(C)CCC(OC(=O)CC(C)(C)C(=O)O)C(C)(C)C5CCC4(C)C3(C)CCC2(C(O)CN2CCC(C(N)=O)CC2)CC1=O. The molecule has 1 heterocycles. The molecule has 4 saturated carbocycles. The standard InChI is InChI=1S/C43H68N2O7/c1-25(2)34-28(46)22-43(31(47)24-45-20-14-26(15-21-45)36(44)49)19-18-41(8)27(35(34)43)10-11-30-40(7)16-13-32(52-33(48)23-38(3,4)37(50)51)39(5,6)29(40)12-17-42(30,41)9/h25-27,29-32,47H,10-24H2,1-9H3,(H2,44,49)(H,50,51). The van der Waals surface area contributed by atoms with E-state index in [1.165, 1.54) is 5.57 Å². The minimum atomic E-state index is -1.17. The summed E-state index contributed by atoms with van der Waals surface area (Å²) in [4.78, 5) is 53.0. The topological polar surface area (TPSA) is 147 Å². The second kappa shape index (κ2) is 13.2. The van der Waals surface area contributed by atoms with Gasteiger partial charge in [0.2, 0.25) is 5.91 Å². The molecule has 0 bridgehead atoms. The van der Waals surface area contributed by atoms with E-state index in [2.05, 4.69) is 53.4 Å². The zero-order chi connectivity index (χ0) is 38.4. The molecule has 1 saturated heterocycles. The van der Waals surface area contributed by atoms with Crippen molar-refractivity contribution in [1.82, 2.24) is 4.90 Å². The van der Waals surface area contributed by atoms with Gasteiger partial charge in [0, 0.05) is 29.7 Å². The van der Waals surface area contributed by atoms with Crippen LogP contribution in [0.1, 0.15) is 139 Å². The van der Waals surface area contributed by atoms with Crippen LogP contribution in [0, 0.1) is 62.1 Å². The molecule has 9 unspecified atom stereocenters. The van der Waals surface area contributed by atoms with Gasteiger partial charge >= 0.3 is 11.9 Å². The van der Waals surface area contributed by atoms with E-state index >= 15 is 0 Å². The number of amides is 1. The number of nitrogens with two attached hydrogens (primary N) is 1. The number of carbonyl (C=O) groups is 4. The molecule has 0 spiro atoms. The molecule has 6 aliphatic rings. The highest BCUT2D eigenvalue weighted by atomic mass is 16.5. The number of hydrogen-bond donors (Lipinski definition) is 3. The van der Waals surface area contributed by atoms with Gasteiger partial charge in [-0.1, -0.05) is 54.0 Å². The maximum Gasteiger partial charge on any atom is 0.309 e. The second-order valence-electron chi connectivity index (χ2n) is 20.6. The summed E-state index contributed by atoms with van der Waals surface area (Å²) in [6.07, 6.45) is 8.55. The Balaban J connectivity index is 1.27. The van der Waals surface area contributed by atoms with Crippen molar-refractivity contribution in [3.63, 3.8) is 0 Å². The van der Waals surface area contributed by atoms with Gasteiger partial charge < -0.3 is 25.6 Å². The summed E-state index contributed by atoms with van der Waals surface area (Å²) in [5.74, 6) is -0.347. The Morgan fingerprint density at radius 3 is 2.15 bits per heavy atom. The van der Waals surface area contributed by atoms with Crippen LogP contribution in [0.25, 0.3) is 0 Å². The highest BCUT2D eigenvalue weighted by Gasteiger charge is 2.71. The van der Waals surface area contributed by atoms with E-state index in [-0.39, 0.29) is 63.6 Å². The summed E-state index contributed by atoms with van der Waals surface area (Å²) < 4.78 is 6.16. The van der Waals surface area contributed by atoms with E-state index in [4.69, 9.17) is 10.5 Å². The number of carbonyl (C=O) groups excluding carboxylic acids is 3. The summed E-state index contributed by atoms with van der Waals surface area (Å²) in [6.45, 7) is 21.6. The molecule has 6 rings (SSSR count). The number of β-amino-alcohol motifs (C(OH)–C–C–N with tert-alkyl or cyclic N) is 1. The molecule has 0 aromatic rings. The van der Waals surface area contributed by atoms with Crippen molar-refractivity contribution in [2.24, 2.45) is 67.8 Å². The van der Waals surface area contributed by atoms with E-state index in [1.807, 2.05) is 0 Å². The number of allylic oxidation sites excluding steroid dienone is 1. The molecule has 0 aromatic heterocycles. The van der Waals surface area contributed by atoms with Gasteiger partial charge in [0.15, 0.2) is 5.78 Å². The number of carboxylic acids is 1. The molecular formula is C43H68N2O7. The molecule has 9 heteroatoms. The molecule has 4 N–H and O–H groups in total. The number of Topliss-reactive ketones (excluding diaryl/α,β-unsaturated/α-hetero) is 1. The quantitative estimate of drug-likeness (QED) is 0.217. The minimum absolute atomic E-state index is 0.0249. The Morgan fingerprint density at radius 2 is 1.56 bits per heavy atom. The fourth-order valence-corrected chi connectivity index (χ4v) is 13.7. The van der Waals surface area contributed by atoms with E-state index in [1.54, 1.807) is 13.8 Å². The van der Waals surface area contributed by atoms with Crippen LogP contribution in [0.4, 0.5) is 0 Å². The van der Waals surface area contributed by atoms with Crippen LogP contribution in [-0.2, 0) is 23.9 Å². The molecule has 5 aliphatic carbocycles. The van der Waals surface area contributed by atoms with Crippen molar-refractivity contribution in [1.29, 1.82) is 0 Å². The van der Waals surface area contributed by atoms with Crippen molar-refractivity contribution >= 4 is 23.6 Å². The molecule has 1 amide bonds. The summed E-state index contributed by atoms with van der Waals surface area (Å²) in [6, 6.07) is 0. The smallest absolute Gasteiger partial charge is 0.309 e.